The number of aromatic amines is 2. The summed E-state index contributed by atoms with van der Waals surface area (Å²) in [4.78, 5) is 18.4. The minimum Gasteiger partial charge on any atom is -0.397 e. The molecular formula is C48H39N5. The molecule has 4 N–H and O–H groups in total. The van der Waals surface area contributed by atoms with Gasteiger partial charge in [0.15, 0.2) is 0 Å². The fourth-order valence-corrected chi connectivity index (χ4v) is 7.41. The van der Waals surface area contributed by atoms with E-state index in [1.807, 2.05) is 0 Å². The summed E-state index contributed by atoms with van der Waals surface area (Å²) in [5.41, 5.74) is 27.8. The molecule has 7 aromatic rings. The highest BCUT2D eigenvalue weighted by Gasteiger charge is 2.20. The summed E-state index contributed by atoms with van der Waals surface area (Å²) in [5, 5.41) is 0. The predicted molar refractivity (Wildman–Crippen MR) is 224 cm³/mol. The lowest BCUT2D eigenvalue weighted by Crippen LogP contribution is -1.92. The first-order valence-electron chi connectivity index (χ1n) is 18.0. The van der Waals surface area contributed by atoms with E-state index in [1.165, 1.54) is 22.3 Å². The van der Waals surface area contributed by atoms with Gasteiger partial charge in [0.25, 0.3) is 0 Å². The number of nitrogens with one attached hydrogen (secondary N) is 2. The first-order chi connectivity index (χ1) is 25.8. The number of nitrogen functional groups attached to an aromatic ring is 1. The first kappa shape index (κ1) is 32.2. The van der Waals surface area contributed by atoms with E-state index in [0.717, 1.165) is 89.4 Å². The molecule has 0 atom stereocenters. The maximum absolute atomic E-state index is 7.02. The molecule has 9 rings (SSSR count). The van der Waals surface area contributed by atoms with E-state index in [1.54, 1.807) is 0 Å². The van der Waals surface area contributed by atoms with Gasteiger partial charge in [-0.3, -0.25) is 0 Å². The monoisotopic (exact) mass is 685 g/mol. The molecular weight excluding hydrogens is 647 g/mol. The third kappa shape index (κ3) is 5.86. The van der Waals surface area contributed by atoms with E-state index in [9.17, 15) is 0 Å². The van der Waals surface area contributed by atoms with Crippen LogP contribution in [-0.4, -0.2) is 19.9 Å². The second kappa shape index (κ2) is 12.8. The van der Waals surface area contributed by atoms with Gasteiger partial charge < -0.3 is 15.7 Å². The summed E-state index contributed by atoms with van der Waals surface area (Å²) in [7, 11) is 0. The molecule has 4 aromatic carbocycles. The molecule has 0 radical (unpaired) electrons. The number of H-pyrrole nitrogens is 2. The number of benzene rings is 4. The second-order valence-electron chi connectivity index (χ2n) is 14.2. The van der Waals surface area contributed by atoms with Crippen molar-refractivity contribution in [2.75, 3.05) is 5.73 Å². The fourth-order valence-electron chi connectivity index (χ4n) is 7.41. The van der Waals surface area contributed by atoms with Crippen molar-refractivity contribution in [3.63, 3.8) is 0 Å². The zero-order valence-electron chi connectivity index (χ0n) is 30.3. The van der Waals surface area contributed by atoms with Gasteiger partial charge in [-0.2, -0.15) is 0 Å². The number of fused-ring (bicyclic) bond motifs is 8. The molecule has 2 aliphatic rings. The van der Waals surface area contributed by atoms with Crippen LogP contribution in [0.2, 0.25) is 0 Å². The van der Waals surface area contributed by atoms with Gasteiger partial charge in [0, 0.05) is 33.3 Å². The molecule has 0 unspecified atom stereocenters. The molecule has 2 aliphatic heterocycles. The maximum atomic E-state index is 7.02. The van der Waals surface area contributed by atoms with Gasteiger partial charge in [-0.1, -0.05) is 119 Å². The van der Waals surface area contributed by atoms with Crippen LogP contribution in [0.4, 0.5) is 5.69 Å². The minimum atomic E-state index is 0.650. The average Bonchev–Trinajstić information content (AvgIpc) is 3.99. The number of nitrogens with zero attached hydrogens (tertiary/aromatic N) is 2. The molecule has 0 saturated carbocycles. The topological polar surface area (TPSA) is 83.4 Å². The summed E-state index contributed by atoms with van der Waals surface area (Å²) >= 11 is 0. The van der Waals surface area contributed by atoms with Crippen LogP contribution in [0.25, 0.3) is 90.9 Å². The number of aryl methyl sites for hydroxylation is 4. The summed E-state index contributed by atoms with van der Waals surface area (Å²) in [6.07, 6.45) is 8.47. The Labute approximate surface area is 309 Å². The Morgan fingerprint density at radius 3 is 1.21 bits per heavy atom. The zero-order valence-corrected chi connectivity index (χ0v) is 30.3. The van der Waals surface area contributed by atoms with E-state index in [4.69, 9.17) is 15.7 Å². The van der Waals surface area contributed by atoms with Crippen molar-refractivity contribution in [3.05, 3.63) is 160 Å². The maximum Gasteiger partial charge on any atom is 0.0738 e. The smallest absolute Gasteiger partial charge is 0.0738 e. The lowest BCUT2D eigenvalue weighted by atomic mass is 10.0. The van der Waals surface area contributed by atoms with Crippen LogP contribution in [0.15, 0.2) is 115 Å². The molecule has 0 spiro atoms. The lowest BCUT2D eigenvalue weighted by molar-refractivity contribution is 1.27. The summed E-state index contributed by atoms with van der Waals surface area (Å²) < 4.78 is 0. The van der Waals surface area contributed by atoms with Crippen molar-refractivity contribution < 1.29 is 0 Å². The molecule has 0 amide bonds. The van der Waals surface area contributed by atoms with E-state index >= 15 is 0 Å². The van der Waals surface area contributed by atoms with E-state index in [-0.39, 0.29) is 0 Å². The van der Waals surface area contributed by atoms with Gasteiger partial charge in [-0.15, -0.1) is 0 Å². The van der Waals surface area contributed by atoms with Crippen LogP contribution in [0.3, 0.4) is 0 Å². The Hall–Kier alpha value is -6.72. The highest BCUT2D eigenvalue weighted by atomic mass is 14.8. The number of rotatable bonds is 4. The van der Waals surface area contributed by atoms with Crippen LogP contribution in [0.1, 0.15) is 45.0 Å². The molecule has 5 heteroatoms. The van der Waals surface area contributed by atoms with Gasteiger partial charge in [0.05, 0.1) is 39.5 Å². The summed E-state index contributed by atoms with van der Waals surface area (Å²) in [6, 6.07) is 40.9. The van der Waals surface area contributed by atoms with Crippen molar-refractivity contribution in [2.45, 2.75) is 27.7 Å². The van der Waals surface area contributed by atoms with Crippen LogP contribution < -0.4 is 5.73 Å². The fraction of sp³-hybridized carbons (Fsp3) is 0.0833. The Kier molecular flexibility index (Phi) is 7.78. The molecule has 53 heavy (non-hydrogen) atoms. The van der Waals surface area contributed by atoms with E-state index in [2.05, 4.69) is 177 Å². The van der Waals surface area contributed by atoms with Crippen molar-refractivity contribution in [1.82, 2.24) is 19.9 Å². The third-order valence-corrected chi connectivity index (χ3v) is 10.3. The van der Waals surface area contributed by atoms with Gasteiger partial charge in [-0.25, -0.2) is 9.97 Å². The molecule has 0 aliphatic carbocycles. The standard InChI is InChI=1S/C48H39N5/c1-28-5-13-32(14-6-28)44-37-21-22-38(50-37)45(33-15-7-29(2)8-16-33)40-25-26-42(52-40)47(35-19-11-31(4)12-20-35)48-36(49)27-43(53-48)46(41-24-23-39(44)51-41)34-17-9-30(3)10-18-34/h5-27,51,53H,49H2,1-4H3. The van der Waals surface area contributed by atoms with E-state index in [0.29, 0.717) is 5.69 Å². The molecule has 3 aromatic heterocycles. The number of aromatic nitrogens is 4. The Morgan fingerprint density at radius 1 is 0.377 bits per heavy atom. The summed E-state index contributed by atoms with van der Waals surface area (Å²) in [5.74, 6) is 0. The predicted octanol–water partition coefficient (Wildman–Crippen LogP) is 12.1. The number of nitrogens with two attached hydrogens (primary N) is 1. The zero-order chi connectivity index (χ0) is 36.2. The Balaban J connectivity index is 1.49. The van der Waals surface area contributed by atoms with Crippen molar-refractivity contribution >= 4 is 52.1 Å². The first-order valence-corrected chi connectivity index (χ1v) is 18.0. The SMILES string of the molecule is Cc1ccc(-c2c3nc(c(-c4ccc(C)cc4)c4ccc([nH]4)c(-c4ccc(C)cc4)c4cc(N)c([nH]4)c(-c4ccc(C)cc4)c4nc2C=C4)C=C3)cc1. The van der Waals surface area contributed by atoms with Crippen LogP contribution in [-0.2, 0) is 0 Å². The van der Waals surface area contributed by atoms with Crippen molar-refractivity contribution in [1.29, 1.82) is 0 Å². The highest BCUT2D eigenvalue weighted by Crippen LogP contribution is 2.40. The molecule has 5 heterocycles. The number of hydrogen-bond acceptors (Lipinski definition) is 3. The van der Waals surface area contributed by atoms with Gasteiger partial charge >= 0.3 is 0 Å². The Morgan fingerprint density at radius 2 is 0.736 bits per heavy atom. The Bertz CT molecular complexity index is 2780. The second-order valence-corrected chi connectivity index (χ2v) is 14.2. The number of hydrogen-bond donors (Lipinski definition) is 3. The van der Waals surface area contributed by atoms with Gasteiger partial charge in [-0.05, 0) is 92.5 Å². The van der Waals surface area contributed by atoms with Crippen LogP contribution >= 0.6 is 0 Å². The molecule has 8 bridgehead atoms. The minimum absolute atomic E-state index is 0.650. The van der Waals surface area contributed by atoms with Crippen LogP contribution in [0.5, 0.6) is 0 Å². The van der Waals surface area contributed by atoms with Crippen molar-refractivity contribution in [3.8, 4) is 44.5 Å². The molecule has 0 fully saturated rings. The molecule has 256 valence electrons. The highest BCUT2D eigenvalue weighted by molar-refractivity contribution is 6.03. The quantitative estimate of drug-likeness (QED) is 0.172. The van der Waals surface area contributed by atoms with E-state index < -0.39 is 0 Å². The normalized spacial score (nSPS) is 12.1. The van der Waals surface area contributed by atoms with Gasteiger partial charge in [0.1, 0.15) is 0 Å². The van der Waals surface area contributed by atoms with Gasteiger partial charge in [0.2, 0.25) is 0 Å². The molecule has 0 saturated heterocycles. The average molecular weight is 686 g/mol. The lowest BCUT2D eigenvalue weighted by Gasteiger charge is -2.08. The largest absolute Gasteiger partial charge is 0.397 e. The number of anilines is 1. The third-order valence-electron chi connectivity index (χ3n) is 10.3. The molecule has 5 nitrogen and oxygen atoms in total. The summed E-state index contributed by atoms with van der Waals surface area (Å²) in [6.45, 7) is 8.44. The van der Waals surface area contributed by atoms with Crippen molar-refractivity contribution in [2.24, 2.45) is 0 Å². The van der Waals surface area contributed by atoms with Crippen LogP contribution in [0, 0.1) is 27.7 Å².